The van der Waals surface area contributed by atoms with Crippen molar-refractivity contribution in [3.8, 4) is 0 Å². The van der Waals surface area contributed by atoms with E-state index < -0.39 is 0 Å². The van der Waals surface area contributed by atoms with E-state index in [1.54, 1.807) is 6.20 Å². The standard InChI is InChI=1S/C15H22N2O2/c18-15-5-1-4-13(15)14-11-19-8-7-17(14)10-12-3-2-6-16-9-12/h2-3,6,9,13-15,18H,1,4-5,7-8,10-11H2/t13-,14-,15+/m0/s1. The summed E-state index contributed by atoms with van der Waals surface area (Å²) in [4.78, 5) is 6.64. The fraction of sp³-hybridized carbons (Fsp3) is 0.667. The molecule has 1 N–H and O–H groups in total. The number of aliphatic hydroxyl groups excluding tert-OH is 1. The van der Waals surface area contributed by atoms with Gasteiger partial charge in [0.15, 0.2) is 0 Å². The molecule has 2 heterocycles. The van der Waals surface area contributed by atoms with Gasteiger partial charge < -0.3 is 9.84 Å². The normalized spacial score (nSPS) is 32.6. The monoisotopic (exact) mass is 262 g/mol. The van der Waals surface area contributed by atoms with Crippen molar-refractivity contribution in [3.63, 3.8) is 0 Å². The van der Waals surface area contributed by atoms with Crippen LogP contribution in [0.4, 0.5) is 0 Å². The van der Waals surface area contributed by atoms with Gasteiger partial charge in [0, 0.05) is 37.4 Å². The number of morpholine rings is 1. The number of rotatable bonds is 3. The summed E-state index contributed by atoms with van der Waals surface area (Å²) in [5.74, 6) is 0.372. The van der Waals surface area contributed by atoms with Gasteiger partial charge in [-0.3, -0.25) is 9.88 Å². The Morgan fingerprint density at radius 1 is 1.42 bits per heavy atom. The fourth-order valence-electron chi connectivity index (χ4n) is 3.39. The molecule has 0 aromatic carbocycles. The topological polar surface area (TPSA) is 45.6 Å². The van der Waals surface area contributed by atoms with Crippen molar-refractivity contribution >= 4 is 0 Å². The van der Waals surface area contributed by atoms with Crippen LogP contribution in [0.1, 0.15) is 24.8 Å². The Morgan fingerprint density at radius 3 is 3.11 bits per heavy atom. The summed E-state index contributed by atoms with van der Waals surface area (Å²) in [6, 6.07) is 4.45. The number of ether oxygens (including phenoxy) is 1. The number of hydrogen-bond donors (Lipinski definition) is 1. The highest BCUT2D eigenvalue weighted by atomic mass is 16.5. The Balaban J connectivity index is 1.70. The molecule has 0 bridgehead atoms. The Morgan fingerprint density at radius 2 is 2.37 bits per heavy atom. The van der Waals surface area contributed by atoms with Crippen LogP contribution in [0.15, 0.2) is 24.5 Å². The zero-order chi connectivity index (χ0) is 13.1. The van der Waals surface area contributed by atoms with Crippen LogP contribution in [0.2, 0.25) is 0 Å². The predicted molar refractivity (Wildman–Crippen MR) is 72.6 cm³/mol. The van der Waals surface area contributed by atoms with E-state index in [1.165, 1.54) is 5.56 Å². The fourth-order valence-corrected chi connectivity index (χ4v) is 3.39. The Kier molecular flexibility index (Phi) is 4.11. The van der Waals surface area contributed by atoms with Gasteiger partial charge >= 0.3 is 0 Å². The number of nitrogens with zero attached hydrogens (tertiary/aromatic N) is 2. The Hall–Kier alpha value is -0.970. The van der Waals surface area contributed by atoms with Gasteiger partial charge in [-0.25, -0.2) is 0 Å². The lowest BCUT2D eigenvalue weighted by Crippen LogP contribution is -2.50. The number of aliphatic hydroxyl groups is 1. The third-order valence-electron chi connectivity index (χ3n) is 4.41. The summed E-state index contributed by atoms with van der Waals surface area (Å²) in [5.41, 5.74) is 1.24. The molecule has 0 radical (unpaired) electrons. The van der Waals surface area contributed by atoms with Gasteiger partial charge in [0.2, 0.25) is 0 Å². The number of pyridine rings is 1. The van der Waals surface area contributed by atoms with Gasteiger partial charge in [0.25, 0.3) is 0 Å². The average molecular weight is 262 g/mol. The number of aromatic nitrogens is 1. The summed E-state index contributed by atoms with van der Waals surface area (Å²) in [6.07, 6.45) is 6.80. The van der Waals surface area contributed by atoms with Crippen LogP contribution in [0.3, 0.4) is 0 Å². The Labute approximate surface area is 114 Å². The third-order valence-corrected chi connectivity index (χ3v) is 4.41. The summed E-state index contributed by atoms with van der Waals surface area (Å²) < 4.78 is 5.64. The minimum absolute atomic E-state index is 0.150. The quantitative estimate of drug-likeness (QED) is 0.895. The molecule has 2 aliphatic rings. The largest absolute Gasteiger partial charge is 0.393 e. The second-order valence-electron chi connectivity index (χ2n) is 5.64. The molecular weight excluding hydrogens is 240 g/mol. The molecule has 0 amide bonds. The summed E-state index contributed by atoms with van der Waals surface area (Å²) >= 11 is 0. The van der Waals surface area contributed by atoms with Crippen LogP contribution in [0, 0.1) is 5.92 Å². The van der Waals surface area contributed by atoms with Crippen molar-refractivity contribution in [2.24, 2.45) is 5.92 Å². The molecule has 1 aromatic heterocycles. The van der Waals surface area contributed by atoms with Crippen LogP contribution < -0.4 is 0 Å². The first kappa shape index (κ1) is 13.0. The van der Waals surface area contributed by atoms with Gasteiger partial charge in [-0.2, -0.15) is 0 Å². The van der Waals surface area contributed by atoms with E-state index in [0.29, 0.717) is 12.0 Å². The highest BCUT2D eigenvalue weighted by molar-refractivity contribution is 5.09. The lowest BCUT2D eigenvalue weighted by Gasteiger charge is -2.40. The molecule has 104 valence electrons. The van der Waals surface area contributed by atoms with Crippen LogP contribution in [-0.2, 0) is 11.3 Å². The molecule has 0 unspecified atom stereocenters. The first-order chi connectivity index (χ1) is 9.34. The molecule has 3 atom stereocenters. The van der Waals surface area contributed by atoms with E-state index in [9.17, 15) is 5.11 Å². The van der Waals surface area contributed by atoms with Crippen LogP contribution in [0.5, 0.6) is 0 Å². The van der Waals surface area contributed by atoms with Crippen molar-refractivity contribution in [3.05, 3.63) is 30.1 Å². The SMILES string of the molecule is O[C@@H]1CCC[C@H]1[C@@H]1COCCN1Cc1cccnc1. The van der Waals surface area contributed by atoms with Crippen molar-refractivity contribution in [2.45, 2.75) is 38.0 Å². The molecule has 2 fully saturated rings. The highest BCUT2D eigenvalue weighted by Gasteiger charge is 2.37. The van der Waals surface area contributed by atoms with Gasteiger partial charge in [-0.15, -0.1) is 0 Å². The molecule has 1 aromatic rings. The lowest BCUT2D eigenvalue weighted by molar-refractivity contribution is -0.0536. The maximum Gasteiger partial charge on any atom is 0.0626 e. The second kappa shape index (κ2) is 5.99. The van der Waals surface area contributed by atoms with Crippen LogP contribution in [0.25, 0.3) is 0 Å². The van der Waals surface area contributed by atoms with Gasteiger partial charge in [-0.1, -0.05) is 12.5 Å². The summed E-state index contributed by atoms with van der Waals surface area (Å²) in [5, 5.41) is 10.1. The maximum absolute atomic E-state index is 10.1. The van der Waals surface area contributed by atoms with E-state index in [-0.39, 0.29) is 6.10 Å². The molecule has 1 aliphatic carbocycles. The van der Waals surface area contributed by atoms with Crippen molar-refractivity contribution < 1.29 is 9.84 Å². The van der Waals surface area contributed by atoms with Gasteiger partial charge in [-0.05, 0) is 24.5 Å². The van der Waals surface area contributed by atoms with Crippen molar-refractivity contribution in [2.75, 3.05) is 19.8 Å². The van der Waals surface area contributed by atoms with Crippen molar-refractivity contribution in [1.29, 1.82) is 0 Å². The third kappa shape index (κ3) is 2.96. The van der Waals surface area contributed by atoms with Crippen molar-refractivity contribution in [1.82, 2.24) is 9.88 Å². The lowest BCUT2D eigenvalue weighted by atomic mass is 9.94. The van der Waals surface area contributed by atoms with E-state index in [0.717, 1.165) is 45.6 Å². The molecule has 19 heavy (non-hydrogen) atoms. The van der Waals surface area contributed by atoms with E-state index in [4.69, 9.17) is 4.74 Å². The zero-order valence-corrected chi connectivity index (χ0v) is 11.2. The highest BCUT2D eigenvalue weighted by Crippen LogP contribution is 2.32. The summed E-state index contributed by atoms with van der Waals surface area (Å²) in [7, 11) is 0. The minimum Gasteiger partial charge on any atom is -0.393 e. The van der Waals surface area contributed by atoms with E-state index >= 15 is 0 Å². The molecule has 1 saturated carbocycles. The molecule has 1 aliphatic heterocycles. The first-order valence-corrected chi connectivity index (χ1v) is 7.23. The summed E-state index contributed by atoms with van der Waals surface area (Å²) in [6.45, 7) is 3.40. The van der Waals surface area contributed by atoms with Crippen LogP contribution >= 0.6 is 0 Å². The molecule has 1 saturated heterocycles. The minimum atomic E-state index is -0.150. The smallest absolute Gasteiger partial charge is 0.0626 e. The maximum atomic E-state index is 10.1. The van der Waals surface area contributed by atoms with E-state index in [2.05, 4.69) is 16.0 Å². The molecule has 4 heteroatoms. The first-order valence-electron chi connectivity index (χ1n) is 7.23. The average Bonchev–Trinajstić information content (AvgIpc) is 2.87. The molecule has 4 nitrogen and oxygen atoms in total. The van der Waals surface area contributed by atoms with Gasteiger partial charge in [0.05, 0.1) is 19.3 Å². The predicted octanol–water partition coefficient (Wildman–Crippen LogP) is 1.44. The zero-order valence-electron chi connectivity index (χ0n) is 11.2. The number of hydrogen-bond acceptors (Lipinski definition) is 4. The molecule has 3 rings (SSSR count). The molecule has 0 spiro atoms. The Bertz CT molecular complexity index is 398. The van der Waals surface area contributed by atoms with E-state index in [1.807, 2.05) is 12.3 Å². The second-order valence-corrected chi connectivity index (χ2v) is 5.64. The van der Waals surface area contributed by atoms with Gasteiger partial charge in [0.1, 0.15) is 0 Å². The molecular formula is C15H22N2O2. The van der Waals surface area contributed by atoms with Crippen LogP contribution in [-0.4, -0.2) is 46.9 Å².